The molecule has 2 rings (SSSR count). The molecule has 1 heterocycles. The van der Waals surface area contributed by atoms with Crippen molar-refractivity contribution in [1.29, 1.82) is 0 Å². The van der Waals surface area contributed by atoms with E-state index in [0.717, 1.165) is 25.7 Å². The summed E-state index contributed by atoms with van der Waals surface area (Å²) in [5.41, 5.74) is 2.79. The molecule has 0 saturated heterocycles. The van der Waals surface area contributed by atoms with Gasteiger partial charge in [-0.1, -0.05) is 13.8 Å². The Morgan fingerprint density at radius 1 is 1.43 bits per heavy atom. The SMILES string of the molecule is CC1(C)CCC(NC(=O)c2cc(N[N+](=O)[O-])ccn2)CC1. The quantitative estimate of drug-likeness (QED) is 0.656. The molecule has 0 bridgehead atoms. The predicted molar refractivity (Wildman–Crippen MR) is 78.4 cm³/mol. The van der Waals surface area contributed by atoms with Crippen LogP contribution in [0, 0.1) is 15.5 Å². The van der Waals surface area contributed by atoms with E-state index >= 15 is 0 Å². The van der Waals surface area contributed by atoms with Crippen molar-refractivity contribution in [2.24, 2.45) is 5.41 Å². The lowest BCUT2D eigenvalue weighted by atomic mass is 9.75. The molecule has 7 heteroatoms. The largest absolute Gasteiger partial charge is 0.348 e. The molecular formula is C14H20N4O3. The molecule has 1 saturated carbocycles. The molecule has 1 amide bonds. The molecule has 1 aliphatic rings. The number of hydrogen-bond donors (Lipinski definition) is 2. The first-order valence-electron chi connectivity index (χ1n) is 7.04. The first kappa shape index (κ1) is 15.2. The van der Waals surface area contributed by atoms with Gasteiger partial charge in [-0.25, -0.2) is 10.1 Å². The van der Waals surface area contributed by atoms with Crippen molar-refractivity contribution in [1.82, 2.24) is 10.3 Å². The number of nitro groups is 1. The predicted octanol–water partition coefficient (Wildman–Crippen LogP) is 2.38. The normalized spacial score (nSPS) is 18.0. The second-order valence-electron chi connectivity index (χ2n) is 6.21. The van der Waals surface area contributed by atoms with Crippen molar-refractivity contribution in [3.63, 3.8) is 0 Å². The lowest BCUT2D eigenvalue weighted by Gasteiger charge is -2.34. The van der Waals surface area contributed by atoms with Gasteiger partial charge >= 0.3 is 0 Å². The van der Waals surface area contributed by atoms with Crippen LogP contribution in [0.5, 0.6) is 0 Å². The Kier molecular flexibility index (Phi) is 4.40. The topological polar surface area (TPSA) is 97.2 Å². The van der Waals surface area contributed by atoms with E-state index in [4.69, 9.17) is 0 Å². The number of anilines is 1. The molecule has 0 radical (unpaired) electrons. The summed E-state index contributed by atoms with van der Waals surface area (Å²) in [6, 6.07) is 2.98. The Balaban J connectivity index is 1.96. The molecule has 0 atom stereocenters. The van der Waals surface area contributed by atoms with Crippen LogP contribution >= 0.6 is 0 Å². The zero-order chi connectivity index (χ0) is 15.5. The van der Waals surface area contributed by atoms with E-state index in [1.54, 1.807) is 0 Å². The molecule has 1 fully saturated rings. The van der Waals surface area contributed by atoms with Gasteiger partial charge in [-0.05, 0) is 43.2 Å². The van der Waals surface area contributed by atoms with Crippen LogP contribution in [-0.4, -0.2) is 22.0 Å². The van der Waals surface area contributed by atoms with Crippen LogP contribution in [-0.2, 0) is 0 Å². The highest BCUT2D eigenvalue weighted by Crippen LogP contribution is 2.35. The molecule has 0 aromatic carbocycles. The summed E-state index contributed by atoms with van der Waals surface area (Å²) in [6.07, 6.45) is 5.43. The average molecular weight is 292 g/mol. The second-order valence-corrected chi connectivity index (χ2v) is 6.21. The minimum Gasteiger partial charge on any atom is -0.348 e. The van der Waals surface area contributed by atoms with E-state index in [9.17, 15) is 14.9 Å². The molecule has 1 aliphatic carbocycles. The number of nitrogens with zero attached hydrogens (tertiary/aromatic N) is 2. The number of carbonyl (C=O) groups excluding carboxylic acids is 1. The van der Waals surface area contributed by atoms with E-state index in [-0.39, 0.29) is 23.3 Å². The Morgan fingerprint density at radius 2 is 2.10 bits per heavy atom. The third-order valence-electron chi connectivity index (χ3n) is 3.89. The maximum absolute atomic E-state index is 12.1. The number of amides is 1. The van der Waals surface area contributed by atoms with Crippen LogP contribution < -0.4 is 10.7 Å². The molecule has 2 N–H and O–H groups in total. The van der Waals surface area contributed by atoms with Crippen LogP contribution in [0.1, 0.15) is 50.0 Å². The van der Waals surface area contributed by atoms with Crippen molar-refractivity contribution in [3.8, 4) is 0 Å². The molecule has 21 heavy (non-hydrogen) atoms. The van der Waals surface area contributed by atoms with Gasteiger partial charge in [0.1, 0.15) is 11.4 Å². The monoisotopic (exact) mass is 292 g/mol. The van der Waals surface area contributed by atoms with Gasteiger partial charge in [-0.3, -0.25) is 9.78 Å². The Morgan fingerprint density at radius 3 is 2.71 bits per heavy atom. The van der Waals surface area contributed by atoms with E-state index in [1.165, 1.54) is 18.3 Å². The van der Waals surface area contributed by atoms with Gasteiger partial charge in [0.2, 0.25) is 0 Å². The third-order valence-corrected chi connectivity index (χ3v) is 3.89. The number of pyridine rings is 1. The third kappa shape index (κ3) is 4.40. The minimum atomic E-state index is -0.666. The summed E-state index contributed by atoms with van der Waals surface area (Å²) >= 11 is 0. The number of hydrogen-bond acceptors (Lipinski definition) is 4. The summed E-state index contributed by atoms with van der Waals surface area (Å²) in [4.78, 5) is 26.5. The number of aromatic nitrogens is 1. The van der Waals surface area contributed by atoms with Crippen LogP contribution in [0.3, 0.4) is 0 Å². The van der Waals surface area contributed by atoms with Crippen molar-refractivity contribution < 1.29 is 9.83 Å². The van der Waals surface area contributed by atoms with E-state index in [2.05, 4.69) is 24.1 Å². The van der Waals surface area contributed by atoms with Gasteiger partial charge in [0.05, 0.1) is 0 Å². The molecule has 7 nitrogen and oxygen atoms in total. The van der Waals surface area contributed by atoms with Gasteiger partial charge < -0.3 is 5.32 Å². The van der Waals surface area contributed by atoms with Crippen molar-refractivity contribution in [3.05, 3.63) is 34.1 Å². The van der Waals surface area contributed by atoms with Gasteiger partial charge in [0, 0.05) is 12.2 Å². The number of carbonyl (C=O) groups is 1. The summed E-state index contributed by atoms with van der Waals surface area (Å²) in [5, 5.41) is 12.7. The first-order valence-corrected chi connectivity index (χ1v) is 7.04. The Hall–Kier alpha value is -2.18. The fourth-order valence-corrected chi connectivity index (χ4v) is 2.53. The van der Waals surface area contributed by atoms with Crippen LogP contribution in [0.2, 0.25) is 0 Å². The highest BCUT2D eigenvalue weighted by atomic mass is 16.7. The summed E-state index contributed by atoms with van der Waals surface area (Å²) in [5.74, 6) is -0.285. The fraction of sp³-hybridized carbons (Fsp3) is 0.571. The maximum atomic E-state index is 12.1. The minimum absolute atomic E-state index is 0.152. The zero-order valence-corrected chi connectivity index (χ0v) is 12.3. The van der Waals surface area contributed by atoms with Crippen LogP contribution in [0.4, 0.5) is 5.69 Å². The van der Waals surface area contributed by atoms with E-state index in [1.807, 2.05) is 5.43 Å². The molecule has 1 aromatic heterocycles. The molecule has 114 valence electrons. The van der Waals surface area contributed by atoms with Gasteiger partial charge in [0.25, 0.3) is 5.91 Å². The summed E-state index contributed by atoms with van der Waals surface area (Å²) in [7, 11) is 0. The Bertz CT molecular complexity index is 535. The van der Waals surface area contributed by atoms with E-state index < -0.39 is 5.03 Å². The molecule has 0 aliphatic heterocycles. The van der Waals surface area contributed by atoms with Crippen molar-refractivity contribution >= 4 is 11.6 Å². The number of hydrazine groups is 1. The smallest absolute Gasteiger partial charge is 0.270 e. The number of nitrogens with one attached hydrogen (secondary N) is 2. The average Bonchev–Trinajstić information content (AvgIpc) is 2.41. The molecule has 1 aromatic rings. The molecular weight excluding hydrogens is 272 g/mol. The van der Waals surface area contributed by atoms with E-state index in [0.29, 0.717) is 5.41 Å². The van der Waals surface area contributed by atoms with Crippen LogP contribution in [0.15, 0.2) is 18.3 Å². The summed E-state index contributed by atoms with van der Waals surface area (Å²) < 4.78 is 0. The number of rotatable bonds is 4. The second kappa shape index (κ2) is 6.07. The Labute approximate surface area is 123 Å². The van der Waals surface area contributed by atoms with Gasteiger partial charge in [-0.2, -0.15) is 0 Å². The molecule has 0 unspecified atom stereocenters. The zero-order valence-electron chi connectivity index (χ0n) is 12.3. The standard InChI is InChI=1S/C14H20N4O3/c1-14(2)6-3-10(4-7-14)16-13(19)12-9-11(5-8-15-12)17-18(20)21/h5,8-10H,3-4,6-7H2,1-2H3,(H,15,17)(H,16,19). The lowest BCUT2D eigenvalue weighted by Crippen LogP contribution is -2.39. The first-order chi connectivity index (χ1) is 9.85. The van der Waals surface area contributed by atoms with Gasteiger partial charge in [0.15, 0.2) is 5.03 Å². The highest BCUT2D eigenvalue weighted by molar-refractivity contribution is 5.93. The molecule has 0 spiro atoms. The lowest BCUT2D eigenvalue weighted by molar-refractivity contribution is -0.445. The van der Waals surface area contributed by atoms with Gasteiger partial charge in [-0.15, -0.1) is 5.43 Å². The highest BCUT2D eigenvalue weighted by Gasteiger charge is 2.27. The fourth-order valence-electron chi connectivity index (χ4n) is 2.53. The summed E-state index contributed by atoms with van der Waals surface area (Å²) in [6.45, 7) is 4.47. The van der Waals surface area contributed by atoms with Crippen molar-refractivity contribution in [2.45, 2.75) is 45.6 Å². The van der Waals surface area contributed by atoms with Crippen LogP contribution in [0.25, 0.3) is 0 Å². The van der Waals surface area contributed by atoms with Crippen molar-refractivity contribution in [2.75, 3.05) is 5.43 Å². The maximum Gasteiger partial charge on any atom is 0.270 e.